The SMILES string of the molecule is O=C1SC(=Nc2ccc(CCNc3nc4ccc([N+](=O)[O-])cc4s3)cc2)N2CCC[C@@H]12. The molecule has 2 fully saturated rings. The first-order chi connectivity index (χ1) is 15.1. The van der Waals surface area contributed by atoms with Gasteiger partial charge in [0, 0.05) is 25.2 Å². The van der Waals surface area contributed by atoms with Crippen LogP contribution in [0.15, 0.2) is 47.5 Å². The summed E-state index contributed by atoms with van der Waals surface area (Å²) in [6.45, 7) is 1.61. The van der Waals surface area contributed by atoms with E-state index >= 15 is 0 Å². The second-order valence-electron chi connectivity index (χ2n) is 7.44. The Kier molecular flexibility index (Phi) is 5.33. The molecular formula is C21H19N5O3S2. The highest BCUT2D eigenvalue weighted by Crippen LogP contribution is 2.35. The van der Waals surface area contributed by atoms with Gasteiger partial charge in [-0.1, -0.05) is 23.5 Å². The molecule has 0 radical (unpaired) electrons. The van der Waals surface area contributed by atoms with Gasteiger partial charge in [0.2, 0.25) is 5.12 Å². The highest BCUT2D eigenvalue weighted by molar-refractivity contribution is 8.26. The Hall–Kier alpha value is -2.98. The molecule has 2 saturated heterocycles. The van der Waals surface area contributed by atoms with E-state index in [0.717, 1.165) is 52.0 Å². The maximum Gasteiger partial charge on any atom is 0.270 e. The summed E-state index contributed by atoms with van der Waals surface area (Å²) >= 11 is 2.67. The van der Waals surface area contributed by atoms with Crippen molar-refractivity contribution in [2.24, 2.45) is 4.99 Å². The normalized spacial score (nSPS) is 19.4. The van der Waals surface area contributed by atoms with Gasteiger partial charge in [-0.05, 0) is 54.8 Å². The van der Waals surface area contributed by atoms with Gasteiger partial charge in [0.1, 0.15) is 6.04 Å². The molecule has 5 rings (SSSR count). The molecule has 0 spiro atoms. The molecule has 10 heteroatoms. The highest BCUT2D eigenvalue weighted by atomic mass is 32.2. The van der Waals surface area contributed by atoms with E-state index in [4.69, 9.17) is 0 Å². The molecule has 2 aromatic carbocycles. The number of nitrogens with one attached hydrogen (secondary N) is 1. The molecule has 0 bridgehead atoms. The topological polar surface area (TPSA) is 101 Å². The summed E-state index contributed by atoms with van der Waals surface area (Å²) < 4.78 is 0.795. The molecule has 3 aromatic rings. The number of hydrogen-bond donors (Lipinski definition) is 1. The Bertz CT molecular complexity index is 1190. The van der Waals surface area contributed by atoms with E-state index in [-0.39, 0.29) is 16.8 Å². The Morgan fingerprint density at radius 1 is 1.26 bits per heavy atom. The summed E-state index contributed by atoms with van der Waals surface area (Å²) in [5.74, 6) is 0. The second kappa shape index (κ2) is 8.27. The highest BCUT2D eigenvalue weighted by Gasteiger charge is 2.40. The van der Waals surface area contributed by atoms with Gasteiger partial charge in [-0.15, -0.1) is 0 Å². The first kappa shape index (κ1) is 20.0. The molecule has 2 aliphatic rings. The molecule has 2 aliphatic heterocycles. The monoisotopic (exact) mass is 453 g/mol. The van der Waals surface area contributed by atoms with Crippen LogP contribution in [0.3, 0.4) is 0 Å². The van der Waals surface area contributed by atoms with Crippen molar-refractivity contribution in [3.05, 3.63) is 58.1 Å². The van der Waals surface area contributed by atoms with Crippen LogP contribution >= 0.6 is 23.1 Å². The predicted octanol–water partition coefficient (Wildman–Crippen LogP) is 4.58. The molecule has 3 heterocycles. The van der Waals surface area contributed by atoms with Crippen molar-refractivity contribution in [1.82, 2.24) is 9.88 Å². The minimum Gasteiger partial charge on any atom is -0.361 e. The average Bonchev–Trinajstić information content (AvgIpc) is 3.46. The zero-order chi connectivity index (χ0) is 21.4. The van der Waals surface area contributed by atoms with Gasteiger partial charge in [0.05, 0.1) is 20.8 Å². The molecule has 1 N–H and O–H groups in total. The van der Waals surface area contributed by atoms with E-state index in [1.165, 1.54) is 34.7 Å². The third kappa shape index (κ3) is 4.13. The zero-order valence-electron chi connectivity index (χ0n) is 16.5. The number of nitro groups is 1. The Morgan fingerprint density at radius 3 is 2.90 bits per heavy atom. The van der Waals surface area contributed by atoms with Crippen LogP contribution in [0.4, 0.5) is 16.5 Å². The number of aromatic nitrogens is 1. The average molecular weight is 454 g/mol. The van der Waals surface area contributed by atoms with E-state index in [0.29, 0.717) is 6.54 Å². The smallest absolute Gasteiger partial charge is 0.270 e. The number of rotatable bonds is 6. The molecule has 158 valence electrons. The summed E-state index contributed by atoms with van der Waals surface area (Å²) in [5, 5.41) is 16.0. The lowest BCUT2D eigenvalue weighted by molar-refractivity contribution is -0.384. The van der Waals surface area contributed by atoms with Gasteiger partial charge in [0.15, 0.2) is 10.3 Å². The second-order valence-corrected chi connectivity index (χ2v) is 9.44. The predicted molar refractivity (Wildman–Crippen MR) is 124 cm³/mol. The molecule has 31 heavy (non-hydrogen) atoms. The first-order valence-electron chi connectivity index (χ1n) is 10.0. The van der Waals surface area contributed by atoms with Crippen molar-refractivity contribution >= 4 is 60.1 Å². The minimum atomic E-state index is -0.395. The van der Waals surface area contributed by atoms with Crippen molar-refractivity contribution in [2.75, 3.05) is 18.4 Å². The lowest BCUT2D eigenvalue weighted by atomic mass is 10.1. The number of nitro benzene ring substituents is 1. The maximum absolute atomic E-state index is 12.0. The summed E-state index contributed by atoms with van der Waals surface area (Å²) in [6, 6.07) is 12.8. The fraction of sp³-hybridized carbons (Fsp3) is 0.286. The van der Waals surface area contributed by atoms with Crippen LogP contribution in [-0.2, 0) is 11.2 Å². The van der Waals surface area contributed by atoms with Gasteiger partial charge in [-0.3, -0.25) is 14.9 Å². The zero-order valence-corrected chi connectivity index (χ0v) is 18.1. The van der Waals surface area contributed by atoms with Gasteiger partial charge < -0.3 is 10.2 Å². The van der Waals surface area contributed by atoms with E-state index < -0.39 is 4.92 Å². The number of non-ortho nitro benzene ring substituents is 1. The van der Waals surface area contributed by atoms with Gasteiger partial charge in [0.25, 0.3) is 5.69 Å². The lowest BCUT2D eigenvalue weighted by Gasteiger charge is -2.14. The first-order valence-corrected chi connectivity index (χ1v) is 11.6. The molecule has 1 aromatic heterocycles. The third-order valence-electron chi connectivity index (χ3n) is 5.40. The summed E-state index contributed by atoms with van der Waals surface area (Å²) in [7, 11) is 0. The van der Waals surface area contributed by atoms with Gasteiger partial charge in [-0.2, -0.15) is 0 Å². The third-order valence-corrected chi connectivity index (χ3v) is 7.35. The van der Waals surface area contributed by atoms with Crippen molar-refractivity contribution in [3.63, 3.8) is 0 Å². The molecule has 0 saturated carbocycles. The number of fused-ring (bicyclic) bond motifs is 2. The van der Waals surface area contributed by atoms with Crippen molar-refractivity contribution in [2.45, 2.75) is 25.3 Å². The summed E-state index contributed by atoms with van der Waals surface area (Å²) in [5.41, 5.74) is 2.85. The number of thiazole rings is 1. The number of carbonyl (C=O) groups is 1. The Labute approximate surface area is 186 Å². The fourth-order valence-electron chi connectivity index (χ4n) is 3.81. The summed E-state index contributed by atoms with van der Waals surface area (Å²) in [6.07, 6.45) is 2.80. The largest absolute Gasteiger partial charge is 0.361 e. The van der Waals surface area contributed by atoms with Gasteiger partial charge >= 0.3 is 0 Å². The molecule has 0 aliphatic carbocycles. The molecule has 0 amide bonds. The van der Waals surface area contributed by atoms with Crippen LogP contribution in [0, 0.1) is 10.1 Å². The quantitative estimate of drug-likeness (QED) is 0.430. The molecule has 8 nitrogen and oxygen atoms in total. The number of hydrogen-bond acceptors (Lipinski definition) is 8. The fourth-order valence-corrected chi connectivity index (χ4v) is 5.78. The number of nitrogens with zero attached hydrogens (tertiary/aromatic N) is 4. The van der Waals surface area contributed by atoms with Crippen LogP contribution < -0.4 is 5.32 Å². The van der Waals surface area contributed by atoms with Crippen molar-refractivity contribution in [3.8, 4) is 0 Å². The van der Waals surface area contributed by atoms with Crippen molar-refractivity contribution < 1.29 is 9.72 Å². The number of thioether (sulfide) groups is 1. The maximum atomic E-state index is 12.0. The van der Waals surface area contributed by atoms with Crippen LogP contribution in [0.2, 0.25) is 0 Å². The summed E-state index contributed by atoms with van der Waals surface area (Å²) in [4.78, 5) is 33.8. The lowest BCUT2D eigenvalue weighted by Crippen LogP contribution is -2.28. The number of anilines is 1. The number of benzene rings is 2. The molecule has 0 unspecified atom stereocenters. The number of aliphatic imine (C=N–C) groups is 1. The van der Waals surface area contributed by atoms with Crippen LogP contribution in [0.25, 0.3) is 10.2 Å². The van der Waals surface area contributed by atoms with E-state index in [2.05, 4.69) is 20.2 Å². The molecular weight excluding hydrogens is 434 g/mol. The molecule has 1 atom stereocenters. The van der Waals surface area contributed by atoms with Gasteiger partial charge in [-0.25, -0.2) is 9.98 Å². The Balaban J connectivity index is 1.19. The standard InChI is InChI=1S/C21H19N5O3S2/c27-19-17-2-1-11-25(17)21(31-19)23-14-5-3-13(4-6-14)9-10-22-20-24-16-8-7-15(26(28)29)12-18(16)30-20/h3-8,12,17H,1-2,9-11H2,(H,22,24)/t17-/m0/s1. The van der Waals surface area contributed by atoms with Crippen LogP contribution in [0.5, 0.6) is 0 Å². The van der Waals surface area contributed by atoms with Crippen LogP contribution in [0.1, 0.15) is 18.4 Å². The van der Waals surface area contributed by atoms with E-state index in [1.54, 1.807) is 12.1 Å². The van der Waals surface area contributed by atoms with Crippen molar-refractivity contribution in [1.29, 1.82) is 0 Å². The Morgan fingerprint density at radius 2 is 2.10 bits per heavy atom. The van der Waals surface area contributed by atoms with E-state index in [1.807, 2.05) is 24.3 Å². The van der Waals surface area contributed by atoms with E-state index in [9.17, 15) is 14.9 Å². The number of amidine groups is 1. The number of carbonyl (C=O) groups excluding carboxylic acids is 1. The minimum absolute atomic E-state index is 0.0164. The van der Waals surface area contributed by atoms with Crippen LogP contribution in [-0.4, -0.2) is 44.2 Å².